The number of hydrogen-bond acceptors (Lipinski definition) is 6. The van der Waals surface area contributed by atoms with Gasteiger partial charge in [0.2, 0.25) is 0 Å². The zero-order valence-corrected chi connectivity index (χ0v) is 17.9. The minimum absolute atomic E-state index is 0.110. The number of rotatable bonds is 6. The predicted octanol–water partition coefficient (Wildman–Crippen LogP) is 1.90. The molecular weight excluding hydrogens is 394 g/mol. The molecule has 4 rings (SSSR count). The number of amides is 2. The molecule has 1 saturated heterocycles. The van der Waals surface area contributed by atoms with Crippen LogP contribution in [0, 0.1) is 6.92 Å². The molecule has 0 unspecified atom stereocenters. The van der Waals surface area contributed by atoms with Gasteiger partial charge in [0.25, 0.3) is 11.8 Å². The van der Waals surface area contributed by atoms with E-state index in [1.807, 2.05) is 36.1 Å². The number of aliphatic hydroxyl groups is 1. The minimum Gasteiger partial charge on any atom is -0.497 e. The van der Waals surface area contributed by atoms with Crippen molar-refractivity contribution in [1.29, 1.82) is 0 Å². The van der Waals surface area contributed by atoms with Crippen molar-refractivity contribution in [2.75, 3.05) is 51.3 Å². The maximum Gasteiger partial charge on any atom is 0.282 e. The molecule has 0 aliphatic carbocycles. The Kier molecular flexibility index (Phi) is 6.06. The molecular formula is C24H27N3O4. The normalized spacial score (nSPS) is 17.6. The number of aliphatic hydroxyl groups excluding tert-OH is 1. The molecule has 2 heterocycles. The number of anilines is 1. The number of ether oxygens (including phenoxy) is 1. The van der Waals surface area contributed by atoms with Crippen LogP contribution >= 0.6 is 0 Å². The Balaban J connectivity index is 1.73. The number of carbonyl (C=O) groups is 2. The first-order valence-corrected chi connectivity index (χ1v) is 10.5. The fraction of sp³-hybridized carbons (Fsp3) is 0.333. The first kappa shape index (κ1) is 21.1. The summed E-state index contributed by atoms with van der Waals surface area (Å²) in [5.41, 5.74) is 3.19. The van der Waals surface area contributed by atoms with Gasteiger partial charge in [0.15, 0.2) is 0 Å². The van der Waals surface area contributed by atoms with Gasteiger partial charge in [0.05, 0.1) is 25.0 Å². The highest BCUT2D eigenvalue weighted by molar-refractivity contribution is 6.45. The van der Waals surface area contributed by atoms with E-state index in [9.17, 15) is 14.7 Å². The third-order valence-electron chi connectivity index (χ3n) is 5.84. The molecule has 31 heavy (non-hydrogen) atoms. The van der Waals surface area contributed by atoms with Gasteiger partial charge in [0.1, 0.15) is 11.4 Å². The summed E-state index contributed by atoms with van der Waals surface area (Å²) in [5, 5.41) is 9.21. The Hall–Kier alpha value is -3.16. The molecule has 0 bridgehead atoms. The number of imide groups is 1. The van der Waals surface area contributed by atoms with E-state index >= 15 is 0 Å². The van der Waals surface area contributed by atoms with Crippen molar-refractivity contribution >= 4 is 23.1 Å². The standard InChI is InChI=1S/C24H27N3O4/c1-17-3-7-19(8-4-17)27-23(29)21(18-5-9-20(31-2)10-6-18)22(24(27)30)26-13-11-25(12-14-26)15-16-28/h3-10,28H,11-16H2,1-2H3. The molecule has 2 aromatic rings. The average Bonchev–Trinajstić information content (AvgIpc) is 3.05. The van der Waals surface area contributed by atoms with Crippen molar-refractivity contribution < 1.29 is 19.4 Å². The molecule has 0 radical (unpaired) electrons. The lowest BCUT2D eigenvalue weighted by Gasteiger charge is -2.36. The first-order chi connectivity index (χ1) is 15.0. The molecule has 0 spiro atoms. The molecule has 7 heteroatoms. The third kappa shape index (κ3) is 4.06. The molecule has 2 aliphatic rings. The van der Waals surface area contributed by atoms with Gasteiger partial charge < -0.3 is 14.7 Å². The van der Waals surface area contributed by atoms with Crippen LogP contribution in [0.25, 0.3) is 5.57 Å². The fourth-order valence-electron chi connectivity index (χ4n) is 4.09. The minimum atomic E-state index is -0.313. The van der Waals surface area contributed by atoms with E-state index in [0.29, 0.717) is 47.9 Å². The third-order valence-corrected chi connectivity index (χ3v) is 5.84. The van der Waals surface area contributed by atoms with E-state index < -0.39 is 0 Å². The second kappa shape index (κ2) is 8.91. The fourth-order valence-corrected chi connectivity index (χ4v) is 4.09. The van der Waals surface area contributed by atoms with Crippen LogP contribution in [-0.2, 0) is 9.59 Å². The largest absolute Gasteiger partial charge is 0.497 e. The number of hydrogen-bond donors (Lipinski definition) is 1. The van der Waals surface area contributed by atoms with Gasteiger partial charge in [-0.2, -0.15) is 0 Å². The topological polar surface area (TPSA) is 73.3 Å². The van der Waals surface area contributed by atoms with Crippen LogP contribution in [0.5, 0.6) is 5.75 Å². The van der Waals surface area contributed by atoms with Crippen molar-refractivity contribution in [2.45, 2.75) is 6.92 Å². The van der Waals surface area contributed by atoms with E-state index in [-0.39, 0.29) is 18.4 Å². The van der Waals surface area contributed by atoms with Crippen molar-refractivity contribution in [1.82, 2.24) is 9.80 Å². The van der Waals surface area contributed by atoms with E-state index in [1.165, 1.54) is 4.90 Å². The lowest BCUT2D eigenvalue weighted by molar-refractivity contribution is -0.120. The van der Waals surface area contributed by atoms with Gasteiger partial charge >= 0.3 is 0 Å². The van der Waals surface area contributed by atoms with Crippen LogP contribution in [0.15, 0.2) is 54.2 Å². The number of nitrogens with zero attached hydrogens (tertiary/aromatic N) is 3. The van der Waals surface area contributed by atoms with E-state index in [4.69, 9.17) is 4.74 Å². The summed E-state index contributed by atoms with van der Waals surface area (Å²) >= 11 is 0. The highest BCUT2D eigenvalue weighted by Gasteiger charge is 2.43. The van der Waals surface area contributed by atoms with Gasteiger partial charge in [-0.25, -0.2) is 4.90 Å². The van der Waals surface area contributed by atoms with Crippen LogP contribution < -0.4 is 9.64 Å². The van der Waals surface area contributed by atoms with Crippen LogP contribution in [-0.4, -0.2) is 73.2 Å². The van der Waals surface area contributed by atoms with Crippen LogP contribution in [0.1, 0.15) is 11.1 Å². The van der Waals surface area contributed by atoms with E-state index in [2.05, 4.69) is 4.90 Å². The van der Waals surface area contributed by atoms with Gasteiger partial charge in [-0.1, -0.05) is 29.8 Å². The van der Waals surface area contributed by atoms with Crippen molar-refractivity contribution in [3.8, 4) is 5.75 Å². The maximum atomic E-state index is 13.5. The summed E-state index contributed by atoms with van der Waals surface area (Å²) in [4.78, 5) is 32.5. The highest BCUT2D eigenvalue weighted by atomic mass is 16.5. The molecule has 2 aromatic carbocycles. The summed E-state index contributed by atoms with van der Waals surface area (Å²) < 4.78 is 5.24. The predicted molar refractivity (Wildman–Crippen MR) is 119 cm³/mol. The average molecular weight is 421 g/mol. The lowest BCUT2D eigenvalue weighted by atomic mass is 10.0. The number of β-amino-alcohol motifs (C(OH)–C–C–N with tert-alkyl or cyclic N) is 1. The van der Waals surface area contributed by atoms with Gasteiger partial charge in [0, 0.05) is 32.7 Å². The molecule has 0 saturated carbocycles. The second-order valence-electron chi connectivity index (χ2n) is 7.79. The second-order valence-corrected chi connectivity index (χ2v) is 7.79. The summed E-state index contributed by atoms with van der Waals surface area (Å²) in [6, 6.07) is 14.6. The number of aryl methyl sites for hydroxylation is 1. The van der Waals surface area contributed by atoms with E-state index in [0.717, 1.165) is 18.7 Å². The number of piperazine rings is 1. The zero-order valence-electron chi connectivity index (χ0n) is 17.9. The summed E-state index contributed by atoms with van der Waals surface area (Å²) in [6.07, 6.45) is 0. The smallest absolute Gasteiger partial charge is 0.282 e. The lowest BCUT2D eigenvalue weighted by Crippen LogP contribution is -2.48. The van der Waals surface area contributed by atoms with Gasteiger partial charge in [-0.15, -0.1) is 0 Å². The SMILES string of the molecule is COc1ccc(C2=C(N3CCN(CCO)CC3)C(=O)N(c3ccc(C)cc3)C2=O)cc1. The van der Waals surface area contributed by atoms with Crippen LogP contribution in [0.4, 0.5) is 5.69 Å². The van der Waals surface area contributed by atoms with Crippen molar-refractivity contribution in [3.63, 3.8) is 0 Å². The van der Waals surface area contributed by atoms with Crippen LogP contribution in [0.3, 0.4) is 0 Å². The molecule has 2 amide bonds. The number of methoxy groups -OCH3 is 1. The first-order valence-electron chi connectivity index (χ1n) is 10.5. The number of benzene rings is 2. The van der Waals surface area contributed by atoms with Gasteiger partial charge in [-0.3, -0.25) is 14.5 Å². The van der Waals surface area contributed by atoms with Crippen LogP contribution in [0.2, 0.25) is 0 Å². The van der Waals surface area contributed by atoms with Crippen molar-refractivity contribution in [2.24, 2.45) is 0 Å². The summed E-state index contributed by atoms with van der Waals surface area (Å²) in [7, 11) is 1.59. The zero-order chi connectivity index (χ0) is 22.0. The quantitative estimate of drug-likeness (QED) is 0.719. The molecule has 162 valence electrons. The molecule has 1 fully saturated rings. The molecule has 7 nitrogen and oxygen atoms in total. The van der Waals surface area contributed by atoms with E-state index in [1.54, 1.807) is 31.4 Å². The summed E-state index contributed by atoms with van der Waals surface area (Å²) in [6.45, 7) is 5.39. The number of carbonyl (C=O) groups excluding carboxylic acids is 2. The Morgan fingerprint density at radius 1 is 0.903 bits per heavy atom. The molecule has 0 aromatic heterocycles. The Labute approximate surface area is 182 Å². The Morgan fingerprint density at radius 3 is 2.13 bits per heavy atom. The van der Waals surface area contributed by atoms with Gasteiger partial charge in [-0.05, 0) is 36.8 Å². The van der Waals surface area contributed by atoms with Crippen molar-refractivity contribution in [3.05, 3.63) is 65.4 Å². The molecule has 2 aliphatic heterocycles. The molecule has 1 N–H and O–H groups in total. The highest BCUT2D eigenvalue weighted by Crippen LogP contribution is 2.35. The Bertz CT molecular complexity index is 990. The summed E-state index contributed by atoms with van der Waals surface area (Å²) in [5.74, 6) is 0.0813. The Morgan fingerprint density at radius 2 is 1.55 bits per heavy atom. The monoisotopic (exact) mass is 421 g/mol. The molecule has 0 atom stereocenters. The maximum absolute atomic E-state index is 13.5.